The van der Waals surface area contributed by atoms with Gasteiger partial charge in [0.25, 0.3) is 0 Å². The summed E-state index contributed by atoms with van der Waals surface area (Å²) in [4.78, 5) is 12.0. The summed E-state index contributed by atoms with van der Waals surface area (Å²) in [5.41, 5.74) is 7.06. The van der Waals surface area contributed by atoms with E-state index in [-0.39, 0.29) is 17.9 Å². The number of carbonyl (C=O) groups is 1. The predicted molar refractivity (Wildman–Crippen MR) is 88.8 cm³/mol. The molecule has 0 radical (unpaired) electrons. The molecule has 1 fully saturated rings. The summed E-state index contributed by atoms with van der Waals surface area (Å²) in [5, 5.41) is 3.02. The number of ether oxygens (including phenoxy) is 1. The molecule has 2 rings (SSSR count). The first kappa shape index (κ1) is 16.8. The van der Waals surface area contributed by atoms with Gasteiger partial charge in [0.1, 0.15) is 5.75 Å². The Hall–Kier alpha value is -1.55. The molecule has 0 spiro atoms. The molecular weight excluding hydrogens is 276 g/mol. The van der Waals surface area contributed by atoms with Crippen LogP contribution in [0.1, 0.15) is 38.7 Å². The fourth-order valence-electron chi connectivity index (χ4n) is 2.74. The van der Waals surface area contributed by atoms with Gasteiger partial charge >= 0.3 is 0 Å². The molecule has 1 saturated carbocycles. The van der Waals surface area contributed by atoms with E-state index < -0.39 is 0 Å². The Morgan fingerprint density at radius 2 is 2.05 bits per heavy atom. The Balaban J connectivity index is 1.69. The molecule has 0 heterocycles. The van der Waals surface area contributed by atoms with E-state index in [0.29, 0.717) is 12.5 Å². The predicted octanol–water partition coefficient (Wildman–Crippen LogP) is 2.51. The number of carbonyl (C=O) groups excluding carboxylic acids is 1. The molecule has 3 N–H and O–H groups in total. The van der Waals surface area contributed by atoms with Crippen molar-refractivity contribution in [2.45, 2.75) is 45.6 Å². The van der Waals surface area contributed by atoms with Crippen LogP contribution < -0.4 is 15.8 Å². The second-order valence-electron chi connectivity index (χ2n) is 6.66. The highest BCUT2D eigenvalue weighted by Crippen LogP contribution is 2.24. The van der Waals surface area contributed by atoms with E-state index >= 15 is 0 Å². The fourth-order valence-corrected chi connectivity index (χ4v) is 2.74. The van der Waals surface area contributed by atoms with Gasteiger partial charge in [0.15, 0.2) is 0 Å². The summed E-state index contributed by atoms with van der Waals surface area (Å²) in [6, 6.07) is 8.32. The zero-order chi connectivity index (χ0) is 15.9. The molecule has 4 nitrogen and oxygen atoms in total. The molecule has 0 saturated heterocycles. The van der Waals surface area contributed by atoms with Crippen molar-refractivity contribution in [3.05, 3.63) is 29.8 Å². The van der Waals surface area contributed by atoms with Crippen LogP contribution in [-0.2, 0) is 11.2 Å². The van der Waals surface area contributed by atoms with Gasteiger partial charge in [-0.3, -0.25) is 4.79 Å². The van der Waals surface area contributed by atoms with Gasteiger partial charge < -0.3 is 15.8 Å². The van der Waals surface area contributed by atoms with Crippen LogP contribution in [-0.4, -0.2) is 25.1 Å². The highest BCUT2D eigenvalue weighted by Gasteiger charge is 2.27. The van der Waals surface area contributed by atoms with Crippen LogP contribution >= 0.6 is 0 Å². The van der Waals surface area contributed by atoms with E-state index in [4.69, 9.17) is 10.5 Å². The largest absolute Gasteiger partial charge is 0.493 e. The third kappa shape index (κ3) is 5.34. The highest BCUT2D eigenvalue weighted by molar-refractivity contribution is 5.79. The molecule has 1 aliphatic rings. The van der Waals surface area contributed by atoms with E-state index in [1.54, 1.807) is 0 Å². The van der Waals surface area contributed by atoms with Gasteiger partial charge in [0, 0.05) is 18.5 Å². The van der Waals surface area contributed by atoms with E-state index in [0.717, 1.165) is 38.0 Å². The maximum absolute atomic E-state index is 12.0. The topological polar surface area (TPSA) is 64.3 Å². The normalized spacial score (nSPS) is 21.1. The van der Waals surface area contributed by atoms with Crippen molar-refractivity contribution in [1.29, 1.82) is 0 Å². The maximum Gasteiger partial charge on any atom is 0.223 e. The van der Waals surface area contributed by atoms with Crippen LogP contribution in [0.4, 0.5) is 0 Å². The molecule has 2 unspecified atom stereocenters. The number of nitrogens with one attached hydrogen (secondary N) is 1. The maximum atomic E-state index is 12.0. The third-order valence-electron chi connectivity index (χ3n) is 4.06. The zero-order valence-electron chi connectivity index (χ0n) is 13.7. The van der Waals surface area contributed by atoms with Gasteiger partial charge in [0.05, 0.1) is 6.61 Å². The molecule has 122 valence electrons. The van der Waals surface area contributed by atoms with E-state index in [1.807, 2.05) is 12.1 Å². The lowest BCUT2D eigenvalue weighted by Crippen LogP contribution is -2.31. The lowest BCUT2D eigenvalue weighted by molar-refractivity contribution is -0.124. The molecule has 1 aliphatic carbocycles. The minimum atomic E-state index is 0.113. The van der Waals surface area contributed by atoms with Crippen LogP contribution in [0.3, 0.4) is 0 Å². The lowest BCUT2D eigenvalue weighted by atomic mass is 10.1. The Morgan fingerprint density at radius 3 is 2.64 bits per heavy atom. The summed E-state index contributed by atoms with van der Waals surface area (Å²) in [6.07, 6.45) is 3.56. The zero-order valence-corrected chi connectivity index (χ0v) is 13.7. The van der Waals surface area contributed by atoms with Crippen LogP contribution in [0.5, 0.6) is 5.75 Å². The third-order valence-corrected chi connectivity index (χ3v) is 4.06. The molecule has 0 aliphatic heterocycles. The summed E-state index contributed by atoms with van der Waals surface area (Å²) in [6.45, 7) is 5.68. The van der Waals surface area contributed by atoms with Crippen molar-refractivity contribution in [3.8, 4) is 5.75 Å². The minimum Gasteiger partial charge on any atom is -0.493 e. The van der Waals surface area contributed by atoms with E-state index in [1.165, 1.54) is 5.56 Å². The Morgan fingerprint density at radius 1 is 1.32 bits per heavy atom. The number of benzene rings is 1. The first-order valence-electron chi connectivity index (χ1n) is 8.29. The molecule has 2 atom stereocenters. The number of hydrogen-bond acceptors (Lipinski definition) is 3. The first-order valence-corrected chi connectivity index (χ1v) is 8.29. The monoisotopic (exact) mass is 304 g/mol. The van der Waals surface area contributed by atoms with Gasteiger partial charge in [0.2, 0.25) is 5.91 Å². The van der Waals surface area contributed by atoms with Gasteiger partial charge in [-0.2, -0.15) is 0 Å². The Bertz CT molecular complexity index is 470. The number of rotatable bonds is 7. The second-order valence-corrected chi connectivity index (χ2v) is 6.66. The van der Waals surface area contributed by atoms with Crippen molar-refractivity contribution in [3.63, 3.8) is 0 Å². The fraction of sp³-hybridized carbons (Fsp3) is 0.611. The standard InChI is InChI=1S/C18H28N2O2/c1-13(2)12-22-17-7-3-14(4-8-17)9-10-20-18(21)15-5-6-16(19)11-15/h3-4,7-8,13,15-16H,5-6,9-12,19H2,1-2H3,(H,20,21). The van der Waals surface area contributed by atoms with Crippen LogP contribution in [0.15, 0.2) is 24.3 Å². The SMILES string of the molecule is CC(C)COc1ccc(CCNC(=O)C2CCC(N)C2)cc1. The molecule has 0 aromatic heterocycles. The minimum absolute atomic E-state index is 0.113. The molecule has 0 bridgehead atoms. The van der Waals surface area contributed by atoms with Gasteiger partial charge in [-0.1, -0.05) is 26.0 Å². The number of nitrogens with two attached hydrogens (primary N) is 1. The molecule has 4 heteroatoms. The van der Waals surface area contributed by atoms with Gasteiger partial charge in [-0.05, 0) is 49.3 Å². The van der Waals surface area contributed by atoms with Crippen molar-refractivity contribution < 1.29 is 9.53 Å². The summed E-state index contributed by atoms with van der Waals surface area (Å²) in [5.74, 6) is 1.70. The molecule has 22 heavy (non-hydrogen) atoms. The average Bonchev–Trinajstić information content (AvgIpc) is 2.93. The smallest absolute Gasteiger partial charge is 0.223 e. The van der Waals surface area contributed by atoms with Gasteiger partial charge in [-0.15, -0.1) is 0 Å². The number of hydrogen-bond donors (Lipinski definition) is 2. The average molecular weight is 304 g/mol. The summed E-state index contributed by atoms with van der Waals surface area (Å²) in [7, 11) is 0. The lowest BCUT2D eigenvalue weighted by Gasteiger charge is -2.11. The van der Waals surface area contributed by atoms with Crippen LogP contribution in [0.25, 0.3) is 0 Å². The van der Waals surface area contributed by atoms with Crippen molar-refractivity contribution in [2.75, 3.05) is 13.2 Å². The van der Waals surface area contributed by atoms with E-state index in [9.17, 15) is 4.79 Å². The summed E-state index contributed by atoms with van der Waals surface area (Å²) >= 11 is 0. The highest BCUT2D eigenvalue weighted by atomic mass is 16.5. The van der Waals surface area contributed by atoms with Gasteiger partial charge in [-0.25, -0.2) is 0 Å². The van der Waals surface area contributed by atoms with Crippen molar-refractivity contribution in [1.82, 2.24) is 5.32 Å². The number of amides is 1. The summed E-state index contributed by atoms with van der Waals surface area (Å²) < 4.78 is 5.66. The van der Waals surface area contributed by atoms with Crippen molar-refractivity contribution in [2.24, 2.45) is 17.6 Å². The Labute approximate surface area is 133 Å². The van der Waals surface area contributed by atoms with Crippen LogP contribution in [0, 0.1) is 11.8 Å². The first-order chi connectivity index (χ1) is 10.5. The quantitative estimate of drug-likeness (QED) is 0.813. The Kier molecular flexibility index (Phi) is 6.25. The van der Waals surface area contributed by atoms with Crippen LogP contribution in [0.2, 0.25) is 0 Å². The molecule has 1 aromatic rings. The molecule has 1 aromatic carbocycles. The van der Waals surface area contributed by atoms with Crippen molar-refractivity contribution >= 4 is 5.91 Å². The molecule has 1 amide bonds. The second kappa shape index (κ2) is 8.18. The molecular formula is C18H28N2O2. The van der Waals surface area contributed by atoms with E-state index in [2.05, 4.69) is 31.3 Å².